The van der Waals surface area contributed by atoms with Gasteiger partial charge in [0.05, 0.1) is 13.0 Å². The Bertz CT molecular complexity index is 476. The van der Waals surface area contributed by atoms with Crippen molar-refractivity contribution < 1.29 is 14.3 Å². The fourth-order valence-corrected chi connectivity index (χ4v) is 2.62. The van der Waals surface area contributed by atoms with Crippen LogP contribution in [0.3, 0.4) is 0 Å². The Kier molecular flexibility index (Phi) is 5.75. The highest BCUT2D eigenvalue weighted by Gasteiger charge is 2.26. The number of para-hydroxylation sites is 1. The van der Waals surface area contributed by atoms with Gasteiger partial charge in [0.2, 0.25) is 5.91 Å². The van der Waals surface area contributed by atoms with Gasteiger partial charge in [-0.25, -0.2) is 0 Å². The largest absolute Gasteiger partial charge is 0.469 e. The van der Waals surface area contributed by atoms with Gasteiger partial charge in [-0.3, -0.25) is 9.59 Å². The number of carbonyl (C=O) groups excluding carboxylic acids is 2. The topological polar surface area (TPSA) is 58.6 Å². The zero-order valence-electron chi connectivity index (χ0n) is 12.4. The van der Waals surface area contributed by atoms with E-state index < -0.39 is 0 Å². The summed E-state index contributed by atoms with van der Waals surface area (Å²) in [7, 11) is 1.43. The van der Waals surface area contributed by atoms with Gasteiger partial charge in [-0.15, -0.1) is 0 Å². The van der Waals surface area contributed by atoms with Gasteiger partial charge in [0, 0.05) is 25.2 Å². The van der Waals surface area contributed by atoms with Crippen molar-refractivity contribution in [1.82, 2.24) is 4.90 Å². The first-order valence-electron chi connectivity index (χ1n) is 7.34. The first-order chi connectivity index (χ1) is 10.2. The molecule has 2 rings (SSSR count). The predicted molar refractivity (Wildman–Crippen MR) is 80.9 cm³/mol. The molecule has 5 heteroatoms. The summed E-state index contributed by atoms with van der Waals surface area (Å²) < 4.78 is 4.80. The van der Waals surface area contributed by atoms with E-state index in [-0.39, 0.29) is 17.8 Å². The summed E-state index contributed by atoms with van der Waals surface area (Å²) >= 11 is 0. The minimum absolute atomic E-state index is 0.00129. The number of carbonyl (C=O) groups is 2. The van der Waals surface area contributed by atoms with Gasteiger partial charge in [0.15, 0.2) is 0 Å². The van der Waals surface area contributed by atoms with Crippen molar-refractivity contribution in [2.75, 3.05) is 32.1 Å². The first kappa shape index (κ1) is 15.5. The molecule has 1 fully saturated rings. The molecule has 0 radical (unpaired) electrons. The highest BCUT2D eigenvalue weighted by molar-refractivity contribution is 5.90. The van der Waals surface area contributed by atoms with Gasteiger partial charge >= 0.3 is 5.97 Å². The van der Waals surface area contributed by atoms with Gasteiger partial charge < -0.3 is 15.0 Å². The van der Waals surface area contributed by atoms with Gasteiger partial charge in [0.1, 0.15) is 0 Å². The second-order valence-corrected chi connectivity index (χ2v) is 5.33. The van der Waals surface area contributed by atoms with E-state index in [0.717, 1.165) is 25.1 Å². The number of ether oxygens (including phenoxy) is 1. The molecule has 21 heavy (non-hydrogen) atoms. The maximum Gasteiger partial charge on any atom is 0.309 e. The summed E-state index contributed by atoms with van der Waals surface area (Å²) in [6.45, 7) is 2.30. The SMILES string of the molecule is COC(=O)C1CCCN(CCC(=O)Nc2ccccc2)C1. The highest BCUT2D eigenvalue weighted by Crippen LogP contribution is 2.17. The van der Waals surface area contributed by atoms with E-state index in [9.17, 15) is 9.59 Å². The maximum absolute atomic E-state index is 11.9. The monoisotopic (exact) mass is 290 g/mol. The van der Waals surface area contributed by atoms with E-state index in [1.165, 1.54) is 7.11 Å². The quantitative estimate of drug-likeness (QED) is 0.842. The number of amides is 1. The number of esters is 1. The van der Waals surface area contributed by atoms with E-state index >= 15 is 0 Å². The molecule has 5 nitrogen and oxygen atoms in total. The van der Waals surface area contributed by atoms with E-state index in [1.54, 1.807) is 0 Å². The highest BCUT2D eigenvalue weighted by atomic mass is 16.5. The molecule has 1 amide bonds. The van der Waals surface area contributed by atoms with Gasteiger partial charge in [-0.05, 0) is 31.5 Å². The van der Waals surface area contributed by atoms with E-state index in [0.29, 0.717) is 19.5 Å². The molecule has 0 aliphatic carbocycles. The van der Waals surface area contributed by atoms with E-state index in [4.69, 9.17) is 4.74 Å². The predicted octanol–water partition coefficient (Wildman–Crippen LogP) is 1.90. The lowest BCUT2D eigenvalue weighted by molar-refractivity contribution is -0.147. The summed E-state index contributed by atoms with van der Waals surface area (Å²) in [6, 6.07) is 9.43. The maximum atomic E-state index is 11.9. The van der Waals surface area contributed by atoms with Crippen LogP contribution in [0.2, 0.25) is 0 Å². The van der Waals surface area contributed by atoms with Crippen LogP contribution in [0.15, 0.2) is 30.3 Å². The number of methoxy groups -OCH3 is 1. The van der Waals surface area contributed by atoms with Crippen molar-refractivity contribution in [3.05, 3.63) is 30.3 Å². The number of rotatable bonds is 5. The van der Waals surface area contributed by atoms with Crippen molar-refractivity contribution in [3.8, 4) is 0 Å². The third kappa shape index (κ3) is 4.86. The van der Waals surface area contributed by atoms with Gasteiger partial charge in [-0.2, -0.15) is 0 Å². The lowest BCUT2D eigenvalue weighted by Gasteiger charge is -2.30. The smallest absolute Gasteiger partial charge is 0.309 e. The second kappa shape index (κ2) is 7.78. The van der Waals surface area contributed by atoms with Crippen molar-refractivity contribution in [2.24, 2.45) is 5.92 Å². The number of nitrogens with zero attached hydrogens (tertiary/aromatic N) is 1. The van der Waals surface area contributed by atoms with Crippen LogP contribution in [0, 0.1) is 5.92 Å². The third-order valence-corrected chi connectivity index (χ3v) is 3.75. The molecule has 114 valence electrons. The Morgan fingerprint density at radius 3 is 2.81 bits per heavy atom. The Morgan fingerprint density at radius 1 is 1.33 bits per heavy atom. The van der Waals surface area contributed by atoms with Gasteiger partial charge in [0.25, 0.3) is 0 Å². The normalized spacial score (nSPS) is 19.0. The molecule has 1 N–H and O–H groups in total. The Labute approximate surface area is 125 Å². The second-order valence-electron chi connectivity index (χ2n) is 5.33. The van der Waals surface area contributed by atoms with Crippen LogP contribution in [-0.4, -0.2) is 43.5 Å². The molecular formula is C16H22N2O3. The molecule has 0 saturated carbocycles. The lowest BCUT2D eigenvalue weighted by atomic mass is 9.98. The van der Waals surface area contributed by atoms with Gasteiger partial charge in [-0.1, -0.05) is 18.2 Å². The number of hydrogen-bond acceptors (Lipinski definition) is 4. The fourth-order valence-electron chi connectivity index (χ4n) is 2.62. The molecule has 1 aromatic rings. The molecule has 0 spiro atoms. The minimum Gasteiger partial charge on any atom is -0.469 e. The molecule has 0 aromatic heterocycles. The summed E-state index contributed by atoms with van der Waals surface area (Å²) in [5, 5.41) is 2.87. The molecular weight excluding hydrogens is 268 g/mol. The fraction of sp³-hybridized carbons (Fsp3) is 0.500. The van der Waals surface area contributed by atoms with Crippen molar-refractivity contribution >= 4 is 17.6 Å². The lowest BCUT2D eigenvalue weighted by Crippen LogP contribution is -2.40. The van der Waals surface area contributed by atoms with Crippen molar-refractivity contribution in [3.63, 3.8) is 0 Å². The molecule has 1 aromatic carbocycles. The minimum atomic E-state index is -0.145. The number of benzene rings is 1. The summed E-state index contributed by atoms with van der Waals surface area (Å²) in [5.74, 6) is -0.198. The number of nitrogens with one attached hydrogen (secondary N) is 1. The van der Waals surface area contributed by atoms with Crippen LogP contribution in [0.1, 0.15) is 19.3 Å². The Morgan fingerprint density at radius 2 is 2.10 bits per heavy atom. The molecule has 1 atom stereocenters. The average molecular weight is 290 g/mol. The zero-order chi connectivity index (χ0) is 15.1. The summed E-state index contributed by atoms with van der Waals surface area (Å²) in [5.41, 5.74) is 0.814. The van der Waals surface area contributed by atoms with Crippen LogP contribution in [0.5, 0.6) is 0 Å². The zero-order valence-corrected chi connectivity index (χ0v) is 12.4. The van der Waals surface area contributed by atoms with Crippen LogP contribution < -0.4 is 5.32 Å². The van der Waals surface area contributed by atoms with Crippen LogP contribution >= 0.6 is 0 Å². The molecule has 1 aliphatic rings. The van der Waals surface area contributed by atoms with Crippen LogP contribution in [0.25, 0.3) is 0 Å². The van der Waals surface area contributed by atoms with E-state index in [1.807, 2.05) is 30.3 Å². The summed E-state index contributed by atoms with van der Waals surface area (Å²) in [6.07, 6.45) is 2.28. The number of hydrogen-bond donors (Lipinski definition) is 1. The van der Waals surface area contributed by atoms with Crippen molar-refractivity contribution in [2.45, 2.75) is 19.3 Å². The molecule has 1 unspecified atom stereocenters. The number of piperidine rings is 1. The summed E-state index contributed by atoms with van der Waals surface area (Å²) in [4.78, 5) is 25.6. The van der Waals surface area contributed by atoms with Crippen LogP contribution in [0.4, 0.5) is 5.69 Å². The van der Waals surface area contributed by atoms with Crippen molar-refractivity contribution in [1.29, 1.82) is 0 Å². The Hall–Kier alpha value is -1.88. The third-order valence-electron chi connectivity index (χ3n) is 3.75. The number of anilines is 1. The van der Waals surface area contributed by atoms with E-state index in [2.05, 4.69) is 10.2 Å². The average Bonchev–Trinajstić information content (AvgIpc) is 2.53. The standard InChI is InChI=1S/C16H22N2O3/c1-21-16(20)13-6-5-10-18(12-13)11-9-15(19)17-14-7-3-2-4-8-14/h2-4,7-8,13H,5-6,9-12H2,1H3,(H,17,19). The Balaban J connectivity index is 1.75. The first-order valence-corrected chi connectivity index (χ1v) is 7.34. The molecule has 0 bridgehead atoms. The molecule has 1 heterocycles. The molecule has 1 aliphatic heterocycles. The molecule has 1 saturated heterocycles. The van der Waals surface area contributed by atoms with Crippen LogP contribution in [-0.2, 0) is 14.3 Å². The number of likely N-dealkylation sites (tertiary alicyclic amines) is 1.